The van der Waals surface area contributed by atoms with Crippen molar-refractivity contribution in [3.05, 3.63) is 39.0 Å². The number of nitrogens with one attached hydrogen (secondary N) is 2. The fourth-order valence-corrected chi connectivity index (χ4v) is 2.35. The second-order valence-electron chi connectivity index (χ2n) is 3.72. The molecule has 6 heteroatoms. The second-order valence-corrected chi connectivity index (χ2v) is 5.43. The molecule has 94 valence electrons. The van der Waals surface area contributed by atoms with E-state index < -0.39 is 0 Å². The first-order valence-corrected chi connectivity index (χ1v) is 6.92. The van der Waals surface area contributed by atoms with Gasteiger partial charge >= 0.3 is 0 Å². The predicted molar refractivity (Wildman–Crippen MR) is 81.4 cm³/mol. The molecule has 0 saturated heterocycles. The Morgan fingerprint density at radius 2 is 1.83 bits per heavy atom. The van der Waals surface area contributed by atoms with Crippen LogP contribution in [-0.4, -0.2) is 17.0 Å². The monoisotopic (exact) mass is 370 g/mol. The summed E-state index contributed by atoms with van der Waals surface area (Å²) in [5, 5.41) is 6.29. The lowest BCUT2D eigenvalue weighted by molar-refractivity contribution is 1.14. The van der Waals surface area contributed by atoms with Crippen LogP contribution in [0.2, 0.25) is 0 Å². The van der Waals surface area contributed by atoms with Gasteiger partial charge in [0.1, 0.15) is 22.4 Å². The lowest BCUT2D eigenvalue weighted by atomic mass is 10.2. The molecular weight excluding hydrogens is 360 g/mol. The minimum Gasteiger partial charge on any atom is -0.372 e. The number of halogens is 2. The number of nitrogens with zero attached hydrogens (tertiary/aromatic N) is 2. The minimum atomic E-state index is 0.732. The van der Waals surface area contributed by atoms with Crippen LogP contribution in [-0.2, 0) is 0 Å². The lowest BCUT2D eigenvalue weighted by Crippen LogP contribution is -2.01. The third kappa shape index (κ3) is 2.81. The van der Waals surface area contributed by atoms with E-state index in [2.05, 4.69) is 52.5 Å². The van der Waals surface area contributed by atoms with Crippen molar-refractivity contribution in [2.45, 2.75) is 6.92 Å². The zero-order valence-corrected chi connectivity index (χ0v) is 13.1. The standard InChI is InChI=1S/C12H12Br2N4/c1-7-3-4-8(13)5-9(7)18-12-10(14)11(15-2)16-6-17-12/h3-6H,1-2H3,(H2,15,16,17,18). The molecule has 2 aromatic rings. The van der Waals surface area contributed by atoms with Crippen molar-refractivity contribution < 1.29 is 0 Å². The van der Waals surface area contributed by atoms with E-state index in [0.717, 1.165) is 31.8 Å². The number of anilines is 3. The molecule has 0 aliphatic heterocycles. The topological polar surface area (TPSA) is 49.8 Å². The lowest BCUT2D eigenvalue weighted by Gasteiger charge is -2.12. The van der Waals surface area contributed by atoms with Crippen LogP contribution < -0.4 is 10.6 Å². The van der Waals surface area contributed by atoms with Gasteiger partial charge in [0.05, 0.1) is 0 Å². The number of hydrogen-bond acceptors (Lipinski definition) is 4. The largest absolute Gasteiger partial charge is 0.372 e. The Balaban J connectivity index is 2.37. The molecule has 0 atom stereocenters. The van der Waals surface area contributed by atoms with Crippen molar-refractivity contribution in [3.63, 3.8) is 0 Å². The van der Waals surface area contributed by atoms with Gasteiger partial charge < -0.3 is 10.6 Å². The second kappa shape index (κ2) is 5.67. The maximum Gasteiger partial charge on any atom is 0.150 e. The van der Waals surface area contributed by atoms with Gasteiger partial charge in [0.2, 0.25) is 0 Å². The van der Waals surface area contributed by atoms with E-state index in [4.69, 9.17) is 0 Å². The number of aryl methyl sites for hydroxylation is 1. The number of hydrogen-bond donors (Lipinski definition) is 2. The highest BCUT2D eigenvalue weighted by molar-refractivity contribution is 9.11. The summed E-state index contributed by atoms with van der Waals surface area (Å²) in [5.74, 6) is 1.48. The summed E-state index contributed by atoms with van der Waals surface area (Å²) < 4.78 is 1.83. The van der Waals surface area contributed by atoms with E-state index in [1.807, 2.05) is 32.2 Å². The number of benzene rings is 1. The molecule has 2 rings (SSSR count). The summed E-state index contributed by atoms with van der Waals surface area (Å²) in [7, 11) is 1.82. The Morgan fingerprint density at radius 1 is 1.11 bits per heavy atom. The van der Waals surface area contributed by atoms with Gasteiger partial charge in [0.25, 0.3) is 0 Å². The molecule has 0 amide bonds. The first kappa shape index (κ1) is 13.3. The molecule has 0 radical (unpaired) electrons. The third-order valence-electron chi connectivity index (χ3n) is 2.48. The average Bonchev–Trinajstić information content (AvgIpc) is 2.36. The highest BCUT2D eigenvalue weighted by atomic mass is 79.9. The van der Waals surface area contributed by atoms with Gasteiger partial charge in [-0.15, -0.1) is 0 Å². The van der Waals surface area contributed by atoms with Gasteiger partial charge in [-0.1, -0.05) is 22.0 Å². The van der Waals surface area contributed by atoms with Crippen LogP contribution in [0, 0.1) is 6.92 Å². The van der Waals surface area contributed by atoms with E-state index in [9.17, 15) is 0 Å². The van der Waals surface area contributed by atoms with E-state index in [1.54, 1.807) is 0 Å². The van der Waals surface area contributed by atoms with Gasteiger partial charge in [-0.05, 0) is 40.5 Å². The third-order valence-corrected chi connectivity index (χ3v) is 3.72. The Labute approximate surface area is 122 Å². The van der Waals surface area contributed by atoms with Gasteiger partial charge in [-0.3, -0.25) is 0 Å². The van der Waals surface area contributed by atoms with Crippen LogP contribution in [0.25, 0.3) is 0 Å². The summed E-state index contributed by atoms with van der Waals surface area (Å²) in [5.41, 5.74) is 2.15. The molecular formula is C12H12Br2N4. The molecule has 4 nitrogen and oxygen atoms in total. The van der Waals surface area contributed by atoms with E-state index in [0.29, 0.717) is 0 Å². The molecule has 1 aromatic heterocycles. The molecule has 18 heavy (non-hydrogen) atoms. The molecule has 0 spiro atoms. The summed E-state index contributed by atoms with van der Waals surface area (Å²) in [6.45, 7) is 2.04. The van der Waals surface area contributed by atoms with Gasteiger partial charge in [-0.2, -0.15) is 0 Å². The highest BCUT2D eigenvalue weighted by Crippen LogP contribution is 2.30. The van der Waals surface area contributed by atoms with E-state index in [1.165, 1.54) is 6.33 Å². The Hall–Kier alpha value is -1.14. The van der Waals surface area contributed by atoms with Crippen molar-refractivity contribution in [2.24, 2.45) is 0 Å². The summed E-state index contributed by atoms with van der Waals surface area (Å²) in [6.07, 6.45) is 1.52. The Bertz CT molecular complexity index is 572. The molecule has 2 N–H and O–H groups in total. The van der Waals surface area contributed by atoms with Crippen LogP contribution in [0.3, 0.4) is 0 Å². The zero-order chi connectivity index (χ0) is 13.1. The van der Waals surface area contributed by atoms with Crippen LogP contribution in [0.4, 0.5) is 17.3 Å². The van der Waals surface area contributed by atoms with Crippen molar-refractivity contribution >= 4 is 49.2 Å². The first-order valence-electron chi connectivity index (χ1n) is 5.33. The van der Waals surface area contributed by atoms with Gasteiger partial charge in [0.15, 0.2) is 0 Å². The molecule has 0 saturated carbocycles. The van der Waals surface area contributed by atoms with Gasteiger partial charge in [-0.25, -0.2) is 9.97 Å². The summed E-state index contributed by atoms with van der Waals surface area (Å²) >= 11 is 6.94. The molecule has 1 heterocycles. The van der Waals surface area contributed by atoms with Gasteiger partial charge in [0, 0.05) is 17.2 Å². The number of aromatic nitrogens is 2. The van der Waals surface area contributed by atoms with Crippen molar-refractivity contribution in [2.75, 3.05) is 17.7 Å². The molecule has 0 fully saturated rings. The van der Waals surface area contributed by atoms with E-state index >= 15 is 0 Å². The first-order chi connectivity index (χ1) is 8.61. The average molecular weight is 372 g/mol. The molecule has 0 aliphatic rings. The van der Waals surface area contributed by atoms with Crippen LogP contribution in [0.5, 0.6) is 0 Å². The van der Waals surface area contributed by atoms with Crippen molar-refractivity contribution in [3.8, 4) is 0 Å². The normalized spacial score (nSPS) is 10.2. The highest BCUT2D eigenvalue weighted by Gasteiger charge is 2.08. The fraction of sp³-hybridized carbons (Fsp3) is 0.167. The number of rotatable bonds is 3. The van der Waals surface area contributed by atoms with Crippen LogP contribution in [0.1, 0.15) is 5.56 Å². The smallest absolute Gasteiger partial charge is 0.150 e. The molecule has 0 aliphatic carbocycles. The maximum absolute atomic E-state index is 4.23. The van der Waals surface area contributed by atoms with E-state index in [-0.39, 0.29) is 0 Å². The Morgan fingerprint density at radius 3 is 2.56 bits per heavy atom. The molecule has 0 bridgehead atoms. The fourth-order valence-electron chi connectivity index (χ4n) is 1.49. The summed E-state index contributed by atoms with van der Waals surface area (Å²) in [4.78, 5) is 8.35. The van der Waals surface area contributed by atoms with Crippen LogP contribution in [0.15, 0.2) is 33.5 Å². The summed E-state index contributed by atoms with van der Waals surface area (Å²) in [6, 6.07) is 6.07. The van der Waals surface area contributed by atoms with Crippen LogP contribution >= 0.6 is 31.9 Å². The zero-order valence-electron chi connectivity index (χ0n) is 9.96. The molecule has 0 unspecified atom stereocenters. The molecule has 1 aromatic carbocycles. The minimum absolute atomic E-state index is 0.732. The maximum atomic E-state index is 4.23. The van der Waals surface area contributed by atoms with Crippen molar-refractivity contribution in [1.82, 2.24) is 9.97 Å². The predicted octanol–water partition coefficient (Wildman–Crippen LogP) is 4.10. The quantitative estimate of drug-likeness (QED) is 0.852. The van der Waals surface area contributed by atoms with Crippen molar-refractivity contribution in [1.29, 1.82) is 0 Å². The Kier molecular flexibility index (Phi) is 4.19. The SMILES string of the molecule is CNc1ncnc(Nc2cc(Br)ccc2C)c1Br.